The van der Waals surface area contributed by atoms with E-state index in [0.717, 1.165) is 19.6 Å². The Kier molecular flexibility index (Phi) is 1.34. The molecule has 0 saturated carbocycles. The van der Waals surface area contributed by atoms with Crippen molar-refractivity contribution in [3.8, 4) is 0 Å². The van der Waals surface area contributed by atoms with E-state index in [4.69, 9.17) is 0 Å². The van der Waals surface area contributed by atoms with E-state index in [9.17, 15) is 0 Å². The molecule has 3 aliphatic rings. The van der Waals surface area contributed by atoms with Gasteiger partial charge >= 0.3 is 0 Å². The predicted octanol–water partition coefficient (Wildman–Crippen LogP) is -0.214. The van der Waals surface area contributed by atoms with Gasteiger partial charge in [-0.15, -0.1) is 0 Å². The van der Waals surface area contributed by atoms with Gasteiger partial charge in [-0.25, -0.2) is 0 Å². The third-order valence-corrected chi connectivity index (χ3v) is 2.83. The average Bonchev–Trinajstić information content (AvgIpc) is 2.62. The number of piperazine rings is 1. The monoisotopic (exact) mass is 183 g/mol. The molecule has 3 aliphatic heterocycles. The van der Waals surface area contributed by atoms with E-state index in [1.165, 1.54) is 5.70 Å². The molecule has 0 aromatic heterocycles. The zero-order chi connectivity index (χ0) is 7.97. The molecule has 3 heterocycles. The Hall–Kier alpha value is -0.720. The summed E-state index contributed by atoms with van der Waals surface area (Å²) in [6.45, 7) is 3.02. The first kappa shape index (κ1) is 6.76. The van der Waals surface area contributed by atoms with Crippen molar-refractivity contribution < 1.29 is 0 Å². The Morgan fingerprint density at radius 1 is 1.58 bits per heavy atom. The van der Waals surface area contributed by atoms with Crippen LogP contribution in [0.2, 0.25) is 0 Å². The molecule has 0 spiro atoms. The molecule has 0 unspecified atom stereocenters. The number of rotatable bonds is 0. The predicted molar refractivity (Wildman–Crippen MR) is 47.4 cm³/mol. The van der Waals surface area contributed by atoms with Crippen molar-refractivity contribution in [3.63, 3.8) is 0 Å². The van der Waals surface area contributed by atoms with Crippen LogP contribution >= 0.6 is 11.9 Å². The standard InChI is InChI=1S/C6H9N5S/c1-2-9-6(3-7-1)4-10-8-5-12-11(9)10/h4-5,7H,1-3H2. The number of hydrazine groups is 2. The Labute approximate surface area is 74.8 Å². The molecular weight excluding hydrogens is 174 g/mol. The Bertz CT molecular complexity index is 263. The minimum atomic E-state index is 0.948. The third kappa shape index (κ3) is 0.796. The van der Waals surface area contributed by atoms with Gasteiger partial charge in [-0.3, -0.25) is 5.01 Å². The van der Waals surface area contributed by atoms with E-state index >= 15 is 0 Å². The van der Waals surface area contributed by atoms with Crippen molar-refractivity contribution in [2.45, 2.75) is 0 Å². The lowest BCUT2D eigenvalue weighted by atomic mass is 10.3. The molecule has 6 heteroatoms. The van der Waals surface area contributed by atoms with Crippen LogP contribution in [0.3, 0.4) is 0 Å². The van der Waals surface area contributed by atoms with Gasteiger partial charge in [0, 0.05) is 31.6 Å². The summed E-state index contributed by atoms with van der Waals surface area (Å²) in [6, 6.07) is 0. The van der Waals surface area contributed by atoms with Crippen molar-refractivity contribution in [2.24, 2.45) is 5.10 Å². The number of hydrogen-bond acceptors (Lipinski definition) is 6. The van der Waals surface area contributed by atoms with Crippen LogP contribution in [-0.2, 0) is 0 Å². The molecule has 0 aromatic carbocycles. The summed E-state index contributed by atoms with van der Waals surface area (Å²) in [6.07, 6.45) is 2.06. The topological polar surface area (TPSA) is 34.1 Å². The SMILES string of the molecule is C1=NN2C=C3CNCCN3N2S1. The van der Waals surface area contributed by atoms with Crippen LogP contribution in [-0.4, -0.2) is 39.8 Å². The Balaban J connectivity index is 1.91. The summed E-state index contributed by atoms with van der Waals surface area (Å²) in [5.74, 6) is 0. The summed E-state index contributed by atoms with van der Waals surface area (Å²) in [4.78, 5) is 0. The lowest BCUT2D eigenvalue weighted by Gasteiger charge is -2.32. The van der Waals surface area contributed by atoms with Crippen LogP contribution in [0.1, 0.15) is 0 Å². The molecule has 12 heavy (non-hydrogen) atoms. The quantitative estimate of drug-likeness (QED) is 0.525. The fourth-order valence-electron chi connectivity index (χ4n) is 1.53. The summed E-state index contributed by atoms with van der Waals surface area (Å²) >= 11 is 1.61. The number of fused-ring (bicyclic) bond motifs is 3. The second kappa shape index (κ2) is 2.38. The highest BCUT2D eigenvalue weighted by atomic mass is 32.2. The molecule has 5 nitrogen and oxygen atoms in total. The van der Waals surface area contributed by atoms with Crippen LogP contribution in [0.5, 0.6) is 0 Å². The Morgan fingerprint density at radius 2 is 2.58 bits per heavy atom. The van der Waals surface area contributed by atoms with Crippen molar-refractivity contribution in [1.29, 1.82) is 0 Å². The molecule has 0 radical (unpaired) electrons. The van der Waals surface area contributed by atoms with E-state index in [0.29, 0.717) is 0 Å². The lowest BCUT2D eigenvalue weighted by Crippen LogP contribution is -2.45. The van der Waals surface area contributed by atoms with Gasteiger partial charge in [0.15, 0.2) is 0 Å². The maximum atomic E-state index is 4.17. The second-order valence-electron chi connectivity index (χ2n) is 2.82. The van der Waals surface area contributed by atoms with Crippen LogP contribution < -0.4 is 5.32 Å². The molecule has 0 atom stereocenters. The van der Waals surface area contributed by atoms with E-state index in [1.807, 2.05) is 10.7 Å². The minimum absolute atomic E-state index is 0.948. The maximum Gasteiger partial charge on any atom is 0.101 e. The first-order valence-corrected chi connectivity index (χ1v) is 4.76. The van der Waals surface area contributed by atoms with Gasteiger partial charge in [-0.2, -0.15) is 10.2 Å². The Morgan fingerprint density at radius 3 is 3.58 bits per heavy atom. The average molecular weight is 183 g/mol. The van der Waals surface area contributed by atoms with Gasteiger partial charge in [-0.05, 0) is 4.52 Å². The zero-order valence-corrected chi connectivity index (χ0v) is 7.29. The summed E-state index contributed by atoms with van der Waals surface area (Å²) in [7, 11) is 0. The molecular formula is C6H9N5S. The first-order valence-electron chi connectivity index (χ1n) is 3.92. The van der Waals surface area contributed by atoms with E-state index in [-0.39, 0.29) is 0 Å². The highest BCUT2D eigenvalue weighted by molar-refractivity contribution is 8.10. The molecule has 1 saturated heterocycles. The van der Waals surface area contributed by atoms with Crippen molar-refractivity contribution in [1.82, 2.24) is 20.0 Å². The highest BCUT2D eigenvalue weighted by Crippen LogP contribution is 2.31. The van der Waals surface area contributed by atoms with Gasteiger partial charge in [0.05, 0.1) is 11.9 Å². The van der Waals surface area contributed by atoms with Gasteiger partial charge in [0.25, 0.3) is 0 Å². The van der Waals surface area contributed by atoms with Crippen LogP contribution in [0.15, 0.2) is 17.0 Å². The number of hydrazone groups is 1. The molecule has 0 aliphatic carbocycles. The zero-order valence-electron chi connectivity index (χ0n) is 6.47. The van der Waals surface area contributed by atoms with Crippen molar-refractivity contribution in [2.75, 3.05) is 19.6 Å². The van der Waals surface area contributed by atoms with E-state index in [2.05, 4.69) is 26.2 Å². The normalized spacial score (nSPS) is 27.5. The fourth-order valence-corrected chi connectivity index (χ4v) is 2.24. The molecule has 3 rings (SSSR count). The largest absolute Gasteiger partial charge is 0.309 e. The molecule has 1 N–H and O–H groups in total. The summed E-state index contributed by atoms with van der Waals surface area (Å²) < 4.78 is 2.07. The van der Waals surface area contributed by atoms with Crippen molar-refractivity contribution >= 4 is 17.5 Å². The van der Waals surface area contributed by atoms with Crippen LogP contribution in [0.4, 0.5) is 0 Å². The highest BCUT2D eigenvalue weighted by Gasteiger charge is 2.34. The summed E-state index contributed by atoms with van der Waals surface area (Å²) in [5.41, 5.74) is 3.14. The van der Waals surface area contributed by atoms with E-state index in [1.54, 1.807) is 11.9 Å². The number of nitrogens with zero attached hydrogens (tertiary/aromatic N) is 4. The minimum Gasteiger partial charge on any atom is -0.309 e. The maximum absolute atomic E-state index is 4.17. The first-order chi connectivity index (χ1) is 5.95. The fraction of sp³-hybridized carbons (Fsp3) is 0.500. The van der Waals surface area contributed by atoms with Crippen molar-refractivity contribution in [3.05, 3.63) is 11.9 Å². The van der Waals surface area contributed by atoms with Gasteiger partial charge < -0.3 is 5.32 Å². The summed E-state index contributed by atoms with van der Waals surface area (Å²) in [5, 5.41) is 11.6. The molecule has 0 amide bonds. The molecule has 1 fully saturated rings. The molecule has 0 aromatic rings. The third-order valence-electron chi connectivity index (χ3n) is 2.09. The number of nitrogens with one attached hydrogen (secondary N) is 1. The number of hydrogen-bond donors (Lipinski definition) is 1. The molecule has 64 valence electrons. The lowest BCUT2D eigenvalue weighted by molar-refractivity contribution is -0.0103. The smallest absolute Gasteiger partial charge is 0.101 e. The van der Waals surface area contributed by atoms with E-state index < -0.39 is 0 Å². The van der Waals surface area contributed by atoms with Crippen LogP contribution in [0, 0.1) is 0 Å². The van der Waals surface area contributed by atoms with Crippen LogP contribution in [0.25, 0.3) is 0 Å². The molecule has 0 bridgehead atoms. The second-order valence-corrected chi connectivity index (χ2v) is 3.57. The van der Waals surface area contributed by atoms with Gasteiger partial charge in [-0.1, -0.05) is 0 Å². The van der Waals surface area contributed by atoms with Gasteiger partial charge in [0.2, 0.25) is 0 Å². The van der Waals surface area contributed by atoms with Gasteiger partial charge in [0.1, 0.15) is 5.55 Å².